The highest BCUT2D eigenvalue weighted by atomic mass is 15.0. The van der Waals surface area contributed by atoms with E-state index in [4.69, 9.17) is 15.0 Å². The molecular weight excluding hydrogens is 657 g/mol. The topological polar surface area (TPSA) is 43.6 Å². The van der Waals surface area contributed by atoms with Gasteiger partial charge in [-0.2, -0.15) is 0 Å². The van der Waals surface area contributed by atoms with Crippen LogP contribution in [0.1, 0.15) is 24.1 Å². The third-order valence-electron chi connectivity index (χ3n) is 10.7. The van der Waals surface area contributed by atoms with Crippen molar-refractivity contribution in [1.29, 1.82) is 0 Å². The third kappa shape index (κ3) is 5.51. The number of hydrogen-bond donors (Lipinski definition) is 0. The Bertz CT molecular complexity index is 2780. The molecule has 2 aromatic heterocycles. The van der Waals surface area contributed by atoms with E-state index in [0.717, 1.165) is 22.3 Å². The molecule has 0 saturated carbocycles. The standard InChI is InChI=1S/C50H36N4/c1-33-27-28-35-17-11-12-24-42(35)47(33)54-44-30-29-38(34-15-5-2-6-16-34)32-43(44)46-41(25-14-26-45(46)54)39-22-13-23-40(31-39)50-52-48(36-18-7-3-8-19-36)51-49(53-50)37-20-9-4-10-21-37/h2-33,47H,1H3. The van der Waals surface area contributed by atoms with Gasteiger partial charge in [-0.05, 0) is 63.6 Å². The molecule has 2 heterocycles. The van der Waals surface area contributed by atoms with E-state index in [9.17, 15) is 0 Å². The summed E-state index contributed by atoms with van der Waals surface area (Å²) in [5, 5.41) is 2.48. The highest BCUT2D eigenvalue weighted by Gasteiger charge is 2.29. The summed E-state index contributed by atoms with van der Waals surface area (Å²) in [6, 6.07) is 62.4. The molecule has 9 aromatic rings. The smallest absolute Gasteiger partial charge is 0.164 e. The molecule has 256 valence electrons. The average Bonchev–Trinajstić information content (AvgIpc) is 3.58. The molecule has 0 spiro atoms. The average molecular weight is 693 g/mol. The van der Waals surface area contributed by atoms with Crippen molar-refractivity contribution in [3.8, 4) is 56.4 Å². The van der Waals surface area contributed by atoms with Crippen LogP contribution in [0.15, 0.2) is 182 Å². The number of fused-ring (bicyclic) bond motifs is 4. The van der Waals surface area contributed by atoms with Gasteiger partial charge in [0.1, 0.15) is 0 Å². The van der Waals surface area contributed by atoms with E-state index >= 15 is 0 Å². The molecule has 1 aliphatic rings. The van der Waals surface area contributed by atoms with Crippen molar-refractivity contribution in [1.82, 2.24) is 19.5 Å². The summed E-state index contributed by atoms with van der Waals surface area (Å²) in [6.07, 6.45) is 4.64. The van der Waals surface area contributed by atoms with Gasteiger partial charge in [0.05, 0.1) is 11.6 Å². The summed E-state index contributed by atoms with van der Waals surface area (Å²) in [5.41, 5.74) is 12.6. The molecule has 10 rings (SSSR count). The molecule has 0 amide bonds. The zero-order valence-electron chi connectivity index (χ0n) is 29.8. The maximum Gasteiger partial charge on any atom is 0.164 e. The highest BCUT2D eigenvalue weighted by Crippen LogP contribution is 2.45. The molecule has 0 radical (unpaired) electrons. The van der Waals surface area contributed by atoms with Crippen molar-refractivity contribution < 1.29 is 0 Å². The lowest BCUT2D eigenvalue weighted by atomic mass is 9.85. The van der Waals surface area contributed by atoms with Crippen LogP contribution in [-0.2, 0) is 0 Å². The second-order valence-electron chi connectivity index (χ2n) is 14.1. The third-order valence-corrected chi connectivity index (χ3v) is 10.7. The van der Waals surface area contributed by atoms with Gasteiger partial charge >= 0.3 is 0 Å². The van der Waals surface area contributed by atoms with E-state index < -0.39 is 0 Å². The number of benzene rings is 7. The minimum Gasteiger partial charge on any atom is -0.332 e. The number of rotatable bonds is 6. The molecule has 4 heteroatoms. The summed E-state index contributed by atoms with van der Waals surface area (Å²) in [7, 11) is 0. The molecule has 1 aliphatic carbocycles. The van der Waals surface area contributed by atoms with E-state index in [1.54, 1.807) is 0 Å². The zero-order valence-corrected chi connectivity index (χ0v) is 29.8. The summed E-state index contributed by atoms with van der Waals surface area (Å²) in [6.45, 7) is 2.34. The van der Waals surface area contributed by atoms with E-state index in [1.807, 2.05) is 60.7 Å². The molecule has 0 saturated heterocycles. The molecule has 0 aliphatic heterocycles. The van der Waals surface area contributed by atoms with E-state index in [1.165, 1.54) is 49.6 Å². The second kappa shape index (κ2) is 13.3. The van der Waals surface area contributed by atoms with Crippen LogP contribution in [0.2, 0.25) is 0 Å². The molecular formula is C50H36N4. The summed E-state index contributed by atoms with van der Waals surface area (Å²) < 4.78 is 2.59. The fraction of sp³-hybridized carbons (Fsp3) is 0.0600. The first-order valence-corrected chi connectivity index (χ1v) is 18.6. The molecule has 0 fully saturated rings. The normalized spacial score (nSPS) is 15.1. The van der Waals surface area contributed by atoms with E-state index in [2.05, 4.69) is 139 Å². The second-order valence-corrected chi connectivity index (χ2v) is 14.1. The molecule has 2 unspecified atom stereocenters. The van der Waals surface area contributed by atoms with Crippen molar-refractivity contribution in [3.05, 3.63) is 193 Å². The minimum absolute atomic E-state index is 0.147. The number of nitrogens with zero attached hydrogens (tertiary/aromatic N) is 4. The van der Waals surface area contributed by atoms with Crippen molar-refractivity contribution in [2.75, 3.05) is 0 Å². The van der Waals surface area contributed by atoms with Crippen LogP contribution in [0.5, 0.6) is 0 Å². The lowest BCUT2D eigenvalue weighted by Gasteiger charge is -2.30. The highest BCUT2D eigenvalue weighted by molar-refractivity contribution is 6.16. The summed E-state index contributed by atoms with van der Waals surface area (Å²) in [4.78, 5) is 15.0. The first-order chi connectivity index (χ1) is 26.7. The van der Waals surface area contributed by atoms with Crippen LogP contribution in [0.3, 0.4) is 0 Å². The number of allylic oxidation sites excluding steroid dienone is 1. The Morgan fingerprint density at radius 3 is 1.72 bits per heavy atom. The van der Waals surface area contributed by atoms with Crippen molar-refractivity contribution in [2.45, 2.75) is 13.0 Å². The van der Waals surface area contributed by atoms with Crippen LogP contribution in [0.4, 0.5) is 0 Å². The van der Waals surface area contributed by atoms with E-state index in [0.29, 0.717) is 23.4 Å². The van der Waals surface area contributed by atoms with Crippen LogP contribution in [-0.4, -0.2) is 19.5 Å². The van der Waals surface area contributed by atoms with E-state index in [-0.39, 0.29) is 6.04 Å². The fourth-order valence-electron chi connectivity index (χ4n) is 8.16. The predicted octanol–water partition coefficient (Wildman–Crippen LogP) is 12.6. The molecule has 0 N–H and O–H groups in total. The largest absolute Gasteiger partial charge is 0.332 e. The zero-order chi connectivity index (χ0) is 36.0. The predicted molar refractivity (Wildman–Crippen MR) is 223 cm³/mol. The van der Waals surface area contributed by atoms with Gasteiger partial charge in [0.2, 0.25) is 0 Å². The minimum atomic E-state index is 0.147. The summed E-state index contributed by atoms with van der Waals surface area (Å²) >= 11 is 0. The number of hydrogen-bond acceptors (Lipinski definition) is 3. The van der Waals surface area contributed by atoms with Gasteiger partial charge < -0.3 is 4.57 Å². The maximum absolute atomic E-state index is 5.05. The SMILES string of the molecule is CC1C=Cc2ccccc2C1n1c2ccc(-c3ccccc3)cc2c2c(-c3cccc(-c4nc(-c5ccccc5)nc(-c5ccccc5)n4)c3)cccc21. The van der Waals surface area contributed by atoms with Crippen molar-refractivity contribution >= 4 is 27.9 Å². The van der Waals surface area contributed by atoms with Crippen LogP contribution in [0.25, 0.3) is 84.3 Å². The fourth-order valence-corrected chi connectivity index (χ4v) is 8.16. The number of aromatic nitrogens is 4. The summed E-state index contributed by atoms with van der Waals surface area (Å²) in [5.74, 6) is 2.25. The molecule has 4 nitrogen and oxygen atoms in total. The Hall–Kier alpha value is -6.91. The van der Waals surface area contributed by atoms with Crippen LogP contribution in [0, 0.1) is 5.92 Å². The molecule has 2 atom stereocenters. The monoisotopic (exact) mass is 692 g/mol. The Labute approximate surface area is 314 Å². The van der Waals surface area contributed by atoms with Gasteiger partial charge in [-0.15, -0.1) is 0 Å². The molecule has 7 aromatic carbocycles. The van der Waals surface area contributed by atoms with Gasteiger partial charge in [0.25, 0.3) is 0 Å². The van der Waals surface area contributed by atoms with Gasteiger partial charge in [0.15, 0.2) is 17.5 Å². The lowest BCUT2D eigenvalue weighted by molar-refractivity contribution is 0.494. The van der Waals surface area contributed by atoms with Crippen molar-refractivity contribution in [2.24, 2.45) is 5.92 Å². The quantitative estimate of drug-likeness (QED) is 0.174. The first kappa shape index (κ1) is 31.8. The van der Waals surface area contributed by atoms with Gasteiger partial charge in [0, 0.05) is 33.0 Å². The molecule has 0 bridgehead atoms. The van der Waals surface area contributed by atoms with Crippen LogP contribution < -0.4 is 0 Å². The Balaban J connectivity index is 1.19. The Morgan fingerprint density at radius 1 is 0.444 bits per heavy atom. The van der Waals surface area contributed by atoms with Gasteiger partial charge in [-0.25, -0.2) is 15.0 Å². The van der Waals surface area contributed by atoms with Crippen molar-refractivity contribution in [3.63, 3.8) is 0 Å². The molecule has 54 heavy (non-hydrogen) atoms. The van der Waals surface area contributed by atoms with Crippen LogP contribution >= 0.6 is 0 Å². The van der Waals surface area contributed by atoms with Gasteiger partial charge in [-0.3, -0.25) is 0 Å². The lowest BCUT2D eigenvalue weighted by Crippen LogP contribution is -2.20. The maximum atomic E-state index is 5.05. The van der Waals surface area contributed by atoms with Gasteiger partial charge in [-0.1, -0.05) is 171 Å². The Morgan fingerprint density at radius 2 is 1.02 bits per heavy atom. The Kier molecular flexibility index (Phi) is 7.80. The first-order valence-electron chi connectivity index (χ1n) is 18.6.